The highest BCUT2D eigenvalue weighted by molar-refractivity contribution is 6.31. The summed E-state index contributed by atoms with van der Waals surface area (Å²) >= 11 is 6.10. The molecule has 1 fully saturated rings. The Morgan fingerprint density at radius 1 is 1.03 bits per heavy atom. The van der Waals surface area contributed by atoms with E-state index in [1.807, 2.05) is 43.3 Å². The highest BCUT2D eigenvalue weighted by atomic mass is 35.5. The number of aromatic nitrogens is 2. The fraction of sp³-hybridized carbons (Fsp3) is 0.440. The smallest absolute Gasteiger partial charge is 0.362 e. The number of fused-ring (bicyclic) bond motifs is 1. The topological polar surface area (TPSA) is 53.1 Å². The largest absolute Gasteiger partial charge is 0.416 e. The maximum atomic E-state index is 13.0. The minimum Gasteiger partial charge on any atom is -0.362 e. The molecule has 1 aliphatic rings. The first-order valence-corrected chi connectivity index (χ1v) is 11.9. The van der Waals surface area contributed by atoms with E-state index in [-0.39, 0.29) is 0 Å². The summed E-state index contributed by atoms with van der Waals surface area (Å²) in [5.41, 5.74) is 0.709. The van der Waals surface area contributed by atoms with Gasteiger partial charge in [-0.1, -0.05) is 23.7 Å². The Balaban J connectivity index is 1.29. The third-order valence-corrected chi connectivity index (χ3v) is 6.68. The second kappa shape index (κ2) is 10.4. The van der Waals surface area contributed by atoms with E-state index in [0.29, 0.717) is 35.0 Å². The molecule has 1 heterocycles. The molecule has 34 heavy (non-hydrogen) atoms. The van der Waals surface area contributed by atoms with E-state index in [1.165, 1.54) is 6.07 Å². The highest BCUT2D eigenvalue weighted by Gasteiger charge is 2.31. The summed E-state index contributed by atoms with van der Waals surface area (Å²) in [6, 6.07) is 11.7. The number of halogens is 4. The van der Waals surface area contributed by atoms with Crippen molar-refractivity contribution in [3.8, 4) is 0 Å². The summed E-state index contributed by atoms with van der Waals surface area (Å²) in [4.78, 5) is 11.4. The van der Waals surface area contributed by atoms with Gasteiger partial charge in [0.15, 0.2) is 0 Å². The Morgan fingerprint density at radius 2 is 1.76 bits per heavy atom. The van der Waals surface area contributed by atoms with Gasteiger partial charge in [0.25, 0.3) is 0 Å². The van der Waals surface area contributed by atoms with Crippen LogP contribution in [0.1, 0.15) is 36.8 Å². The van der Waals surface area contributed by atoms with E-state index in [2.05, 4.69) is 10.6 Å². The molecule has 4 rings (SSSR count). The van der Waals surface area contributed by atoms with Crippen LogP contribution in [0.25, 0.3) is 10.9 Å². The average molecular weight is 492 g/mol. The van der Waals surface area contributed by atoms with Gasteiger partial charge in [-0.05, 0) is 74.0 Å². The van der Waals surface area contributed by atoms with Crippen molar-refractivity contribution < 1.29 is 13.2 Å². The zero-order valence-electron chi connectivity index (χ0n) is 19.3. The molecular formula is C25H29ClF3N5. The van der Waals surface area contributed by atoms with Crippen LogP contribution in [-0.2, 0) is 12.7 Å². The number of hydrogen-bond acceptors (Lipinski definition) is 5. The SMILES string of the molecule is CN(C)c1nc(NC2CCC(CNCc3cc(C(F)(F)F)ccc3Cl)CC2)nc2ccccc12. The molecule has 0 saturated heterocycles. The lowest BCUT2D eigenvalue weighted by Gasteiger charge is -2.29. The molecular weight excluding hydrogens is 463 g/mol. The van der Waals surface area contributed by atoms with Crippen LogP contribution in [0.5, 0.6) is 0 Å². The van der Waals surface area contributed by atoms with Gasteiger partial charge in [-0.3, -0.25) is 0 Å². The van der Waals surface area contributed by atoms with Crippen LogP contribution in [0, 0.1) is 5.92 Å². The zero-order chi connectivity index (χ0) is 24.3. The molecule has 0 bridgehead atoms. The van der Waals surface area contributed by atoms with Crippen LogP contribution < -0.4 is 15.5 Å². The van der Waals surface area contributed by atoms with Gasteiger partial charge in [-0.2, -0.15) is 18.2 Å². The summed E-state index contributed by atoms with van der Waals surface area (Å²) in [7, 11) is 3.95. The Kier molecular flexibility index (Phi) is 7.48. The van der Waals surface area contributed by atoms with E-state index >= 15 is 0 Å². The average Bonchev–Trinajstić information content (AvgIpc) is 2.80. The lowest BCUT2D eigenvalue weighted by atomic mass is 9.86. The lowest BCUT2D eigenvalue weighted by molar-refractivity contribution is -0.137. The second-order valence-corrected chi connectivity index (χ2v) is 9.49. The molecule has 0 amide bonds. The highest BCUT2D eigenvalue weighted by Crippen LogP contribution is 2.32. The van der Waals surface area contributed by atoms with Crippen molar-refractivity contribution in [2.45, 2.75) is 44.4 Å². The van der Waals surface area contributed by atoms with Crippen LogP contribution in [0.15, 0.2) is 42.5 Å². The predicted molar refractivity (Wildman–Crippen MR) is 131 cm³/mol. The fourth-order valence-electron chi connectivity index (χ4n) is 4.46. The number of nitrogens with zero attached hydrogens (tertiary/aromatic N) is 3. The number of anilines is 2. The van der Waals surface area contributed by atoms with Gasteiger partial charge in [0.05, 0.1) is 11.1 Å². The van der Waals surface area contributed by atoms with Crippen molar-refractivity contribution in [1.82, 2.24) is 15.3 Å². The van der Waals surface area contributed by atoms with Gasteiger partial charge < -0.3 is 15.5 Å². The van der Waals surface area contributed by atoms with Crippen molar-refractivity contribution in [2.24, 2.45) is 5.92 Å². The number of hydrogen-bond donors (Lipinski definition) is 2. The molecule has 2 aromatic carbocycles. The zero-order valence-corrected chi connectivity index (χ0v) is 20.0. The van der Waals surface area contributed by atoms with Crippen molar-refractivity contribution >= 4 is 34.3 Å². The van der Waals surface area contributed by atoms with Gasteiger partial charge in [-0.15, -0.1) is 0 Å². The van der Waals surface area contributed by atoms with E-state index in [9.17, 15) is 13.2 Å². The van der Waals surface area contributed by atoms with Crippen LogP contribution in [0.4, 0.5) is 24.9 Å². The van der Waals surface area contributed by atoms with Gasteiger partial charge in [0.2, 0.25) is 5.95 Å². The van der Waals surface area contributed by atoms with Gasteiger partial charge in [0.1, 0.15) is 5.82 Å². The quantitative estimate of drug-likeness (QED) is 0.416. The normalized spacial score (nSPS) is 18.8. The molecule has 0 aliphatic heterocycles. The van der Waals surface area contributed by atoms with Gasteiger partial charge in [0, 0.05) is 37.1 Å². The van der Waals surface area contributed by atoms with Crippen LogP contribution >= 0.6 is 11.6 Å². The first-order valence-electron chi connectivity index (χ1n) is 11.5. The van der Waals surface area contributed by atoms with Crippen molar-refractivity contribution in [2.75, 3.05) is 30.9 Å². The molecule has 182 valence electrons. The lowest BCUT2D eigenvalue weighted by Crippen LogP contribution is -2.31. The fourth-order valence-corrected chi connectivity index (χ4v) is 4.64. The van der Waals surface area contributed by atoms with Crippen molar-refractivity contribution in [3.63, 3.8) is 0 Å². The van der Waals surface area contributed by atoms with Crippen LogP contribution in [-0.4, -0.2) is 36.6 Å². The van der Waals surface area contributed by atoms with Crippen molar-refractivity contribution in [3.05, 3.63) is 58.6 Å². The molecule has 0 spiro atoms. The molecule has 9 heteroatoms. The predicted octanol–water partition coefficient (Wildman–Crippen LogP) is 6.13. The first kappa shape index (κ1) is 24.5. The summed E-state index contributed by atoms with van der Waals surface area (Å²) in [5, 5.41) is 8.17. The molecule has 1 aromatic heterocycles. The Labute approximate surface area is 202 Å². The molecule has 0 atom stereocenters. The van der Waals surface area contributed by atoms with Gasteiger partial charge >= 0.3 is 6.18 Å². The first-order chi connectivity index (χ1) is 16.2. The van der Waals surface area contributed by atoms with Crippen LogP contribution in [0.3, 0.4) is 0 Å². The molecule has 5 nitrogen and oxygen atoms in total. The summed E-state index contributed by atoms with van der Waals surface area (Å²) in [6.07, 6.45) is -0.342. The molecule has 1 saturated carbocycles. The summed E-state index contributed by atoms with van der Waals surface area (Å²) in [5.74, 6) is 2.00. The number of nitrogens with one attached hydrogen (secondary N) is 2. The Hall–Kier alpha value is -2.58. The summed E-state index contributed by atoms with van der Waals surface area (Å²) < 4.78 is 38.9. The van der Waals surface area contributed by atoms with E-state index in [0.717, 1.165) is 61.1 Å². The number of para-hydroxylation sites is 1. The van der Waals surface area contributed by atoms with Gasteiger partial charge in [-0.25, -0.2) is 4.98 Å². The molecule has 0 unspecified atom stereocenters. The Bertz CT molecular complexity index is 1130. The number of alkyl halides is 3. The van der Waals surface area contributed by atoms with E-state index in [4.69, 9.17) is 21.6 Å². The summed E-state index contributed by atoms with van der Waals surface area (Å²) in [6.45, 7) is 1.07. The second-order valence-electron chi connectivity index (χ2n) is 9.08. The Morgan fingerprint density at radius 3 is 2.47 bits per heavy atom. The van der Waals surface area contributed by atoms with Crippen LogP contribution in [0.2, 0.25) is 5.02 Å². The standard InChI is InChI=1S/C25H29ClF3N5/c1-34(2)23-20-5-3-4-6-22(20)32-24(33-23)31-19-10-7-16(8-11-19)14-30-15-17-13-18(25(27,28)29)9-12-21(17)26/h3-6,9,12-13,16,19,30H,7-8,10-11,14-15H2,1-2H3,(H,31,32,33). The monoisotopic (exact) mass is 491 g/mol. The number of benzene rings is 2. The molecule has 3 aromatic rings. The van der Waals surface area contributed by atoms with E-state index < -0.39 is 11.7 Å². The minimum absolute atomic E-state index is 0.297. The maximum Gasteiger partial charge on any atom is 0.416 e. The number of rotatable bonds is 7. The third-order valence-electron chi connectivity index (χ3n) is 6.31. The van der Waals surface area contributed by atoms with E-state index in [1.54, 1.807) is 0 Å². The molecule has 1 aliphatic carbocycles. The maximum absolute atomic E-state index is 13.0. The van der Waals surface area contributed by atoms with Crippen molar-refractivity contribution in [1.29, 1.82) is 0 Å². The third kappa shape index (κ3) is 5.91. The molecule has 0 radical (unpaired) electrons. The molecule has 2 N–H and O–H groups in total. The minimum atomic E-state index is -4.37.